The lowest BCUT2D eigenvalue weighted by Crippen LogP contribution is -3.04. The smallest absolute Gasteiger partial charge is 0.341 e. The molecular weight excluding hydrogens is 763 g/mol. The number of anilines is 2. The summed E-state index contributed by atoms with van der Waals surface area (Å²) in [6, 6.07) is 7.15. The van der Waals surface area contributed by atoms with E-state index in [2.05, 4.69) is 28.7 Å². The maximum absolute atomic E-state index is 14.5. The number of esters is 1. The number of phenols is 1. The summed E-state index contributed by atoms with van der Waals surface area (Å²) < 4.78 is 25.4. The second-order valence-corrected chi connectivity index (χ2v) is 18.0. The van der Waals surface area contributed by atoms with Gasteiger partial charge in [-0.15, -0.1) is 0 Å². The van der Waals surface area contributed by atoms with E-state index in [0.717, 1.165) is 65.1 Å². The van der Waals surface area contributed by atoms with Crippen molar-refractivity contribution in [3.63, 3.8) is 0 Å². The van der Waals surface area contributed by atoms with Crippen molar-refractivity contribution in [3.8, 4) is 22.8 Å². The number of nitrogens with two attached hydrogens (primary N) is 2. The van der Waals surface area contributed by atoms with Gasteiger partial charge in [-0.05, 0) is 121 Å². The highest BCUT2D eigenvalue weighted by atomic mass is 16.7. The van der Waals surface area contributed by atoms with E-state index in [1.165, 1.54) is 16.5 Å². The minimum Gasteiger partial charge on any atom is -0.507 e. The van der Waals surface area contributed by atoms with Crippen molar-refractivity contribution < 1.29 is 33.4 Å². The highest BCUT2D eigenvalue weighted by molar-refractivity contribution is 5.88. The standard InChI is InChI=1S/C46H51N7O7/c1-23-14-33(54)39-34(57-23)18-35-38(41(39)55)31-15-24(19-49-4)10-12-46(44(56)58-42(31)45(2,3)59-35)36(60-46)9-8-25-16-37(47)52-40-28(25)6-5-7-29-30(40)17-27(51-43(29)48)21-53-20-26-11-13-50-32(26)22-53/h11,13-14,16-18,22,24,31,36,42,49,55H,5-10,12,15,19-21H2,1-4H3,(H2,47,52)(H2,48,51)/p+1/t24-,31-,36-,42-,46+/m1/s1. The molecule has 10 rings (SSSR count). The number of nitrogens with one attached hydrogen (secondary N) is 2. The van der Waals surface area contributed by atoms with E-state index >= 15 is 0 Å². The van der Waals surface area contributed by atoms with Gasteiger partial charge in [0.15, 0.2) is 11.0 Å². The maximum atomic E-state index is 14.5. The zero-order valence-corrected chi connectivity index (χ0v) is 34.5. The number of aromatic hydroxyl groups is 1. The van der Waals surface area contributed by atoms with E-state index in [-0.39, 0.29) is 34.2 Å². The summed E-state index contributed by atoms with van der Waals surface area (Å²) in [5.41, 5.74) is 19.7. The number of hydrogen-bond acceptors (Lipinski definition) is 13. The average Bonchev–Trinajstić information content (AvgIpc) is 3.58. The molecule has 5 aliphatic heterocycles. The molecule has 7 N–H and O–H groups in total. The van der Waals surface area contributed by atoms with Gasteiger partial charge >= 0.3 is 5.97 Å². The average molecular weight is 815 g/mol. The third-order valence-electron chi connectivity index (χ3n) is 13.5. The first-order valence-corrected chi connectivity index (χ1v) is 21.2. The Bertz CT molecular complexity index is 2630. The molecule has 1 unspecified atom stereocenters. The fourth-order valence-electron chi connectivity index (χ4n) is 10.7. The van der Waals surface area contributed by atoms with Crippen molar-refractivity contribution in [3.05, 3.63) is 91.7 Å². The molecule has 2 saturated heterocycles. The number of nitrogen functional groups attached to an aromatic ring is 2. The molecule has 1 spiro atoms. The number of epoxide rings is 1. The molecule has 312 valence electrons. The van der Waals surface area contributed by atoms with Crippen molar-refractivity contribution in [2.45, 2.75) is 108 Å². The summed E-state index contributed by atoms with van der Waals surface area (Å²) >= 11 is 0. The van der Waals surface area contributed by atoms with Gasteiger partial charge in [0.2, 0.25) is 0 Å². The van der Waals surface area contributed by atoms with Crippen molar-refractivity contribution in [2.24, 2.45) is 10.9 Å². The number of aromatic nitrogens is 2. The predicted molar refractivity (Wildman–Crippen MR) is 226 cm³/mol. The largest absolute Gasteiger partial charge is 0.507 e. The van der Waals surface area contributed by atoms with Crippen LogP contribution >= 0.6 is 0 Å². The van der Waals surface area contributed by atoms with Crippen molar-refractivity contribution >= 4 is 34.8 Å². The topological polar surface area (TPSA) is 205 Å². The van der Waals surface area contributed by atoms with E-state index in [9.17, 15) is 14.7 Å². The quantitative estimate of drug-likeness (QED) is 0.132. The van der Waals surface area contributed by atoms with Crippen LogP contribution in [-0.4, -0.2) is 70.8 Å². The monoisotopic (exact) mass is 814 g/mol. The second kappa shape index (κ2) is 14.3. The van der Waals surface area contributed by atoms with Crippen LogP contribution in [0.1, 0.15) is 85.6 Å². The van der Waals surface area contributed by atoms with Gasteiger partial charge in [-0.1, -0.05) is 0 Å². The number of carbonyl (C=O) groups is 1. The Morgan fingerprint density at radius 1 is 1.08 bits per heavy atom. The lowest BCUT2D eigenvalue weighted by atomic mass is 9.75. The summed E-state index contributed by atoms with van der Waals surface area (Å²) in [6.07, 6.45) is 10.4. The molecule has 1 aliphatic carbocycles. The van der Waals surface area contributed by atoms with E-state index in [1.807, 2.05) is 33.2 Å². The van der Waals surface area contributed by atoms with Crippen LogP contribution in [-0.2, 0) is 40.1 Å². The summed E-state index contributed by atoms with van der Waals surface area (Å²) in [7, 11) is 1.91. The molecule has 0 bridgehead atoms. The van der Waals surface area contributed by atoms with Crippen molar-refractivity contribution in [1.29, 1.82) is 0 Å². The zero-order valence-electron chi connectivity index (χ0n) is 34.5. The molecule has 0 radical (unpaired) electrons. The lowest BCUT2D eigenvalue weighted by molar-refractivity contribution is -0.852. The molecule has 3 aromatic heterocycles. The molecule has 2 fully saturated rings. The Balaban J connectivity index is 0.927. The Kier molecular flexibility index (Phi) is 9.19. The van der Waals surface area contributed by atoms with E-state index in [1.54, 1.807) is 13.0 Å². The van der Waals surface area contributed by atoms with Crippen LogP contribution in [0.3, 0.4) is 0 Å². The van der Waals surface area contributed by atoms with Gasteiger partial charge < -0.3 is 40.5 Å². The number of rotatable bonds is 7. The van der Waals surface area contributed by atoms with Crippen LogP contribution in [0.4, 0.5) is 11.6 Å². The van der Waals surface area contributed by atoms with Gasteiger partial charge in [0.25, 0.3) is 0 Å². The number of carbonyl (C=O) groups excluding carboxylic acids is 1. The number of hydrogen-bond donors (Lipinski definition) is 5. The Morgan fingerprint density at radius 2 is 1.92 bits per heavy atom. The van der Waals surface area contributed by atoms with Gasteiger partial charge in [0.05, 0.1) is 17.5 Å². The van der Waals surface area contributed by atoms with Crippen LogP contribution in [0.2, 0.25) is 0 Å². The van der Waals surface area contributed by atoms with Crippen LogP contribution in [0.25, 0.3) is 22.2 Å². The Labute approximate surface area is 347 Å². The minimum absolute atomic E-state index is 0.0926. The lowest BCUT2D eigenvalue weighted by Gasteiger charge is -2.45. The minimum atomic E-state index is -1.12. The number of benzene rings is 1. The molecule has 6 aliphatic rings. The summed E-state index contributed by atoms with van der Waals surface area (Å²) in [4.78, 5) is 43.2. The van der Waals surface area contributed by atoms with Crippen molar-refractivity contribution in [2.75, 3.05) is 31.6 Å². The normalized spacial score (nSPS) is 27.2. The molecule has 14 heteroatoms. The third-order valence-corrected chi connectivity index (χ3v) is 13.5. The van der Waals surface area contributed by atoms with Gasteiger partial charge in [-0.3, -0.25) is 14.7 Å². The number of aryl methyl sites for hydroxylation is 2. The van der Waals surface area contributed by atoms with Crippen LogP contribution in [0.15, 0.2) is 62.0 Å². The highest BCUT2D eigenvalue weighted by Gasteiger charge is 2.65. The maximum Gasteiger partial charge on any atom is 0.341 e. The summed E-state index contributed by atoms with van der Waals surface area (Å²) in [5.74, 6) is 0.848. The number of pyridine rings is 2. The van der Waals surface area contributed by atoms with Crippen LogP contribution in [0.5, 0.6) is 11.5 Å². The molecule has 8 heterocycles. The molecular formula is C46H52N7O7+. The third kappa shape index (κ3) is 6.47. The Morgan fingerprint density at radius 3 is 2.73 bits per heavy atom. The van der Waals surface area contributed by atoms with Gasteiger partial charge in [-0.25, -0.2) is 14.8 Å². The first-order chi connectivity index (χ1) is 28.8. The van der Waals surface area contributed by atoms with E-state index in [4.69, 9.17) is 40.1 Å². The summed E-state index contributed by atoms with van der Waals surface area (Å²) in [5, 5.41) is 15.2. The fourth-order valence-corrected chi connectivity index (χ4v) is 10.7. The molecule has 0 saturated carbocycles. The zero-order chi connectivity index (χ0) is 41.7. The first kappa shape index (κ1) is 38.6. The molecule has 1 aromatic carbocycles. The van der Waals surface area contributed by atoms with Crippen LogP contribution < -0.4 is 31.8 Å². The highest BCUT2D eigenvalue weighted by Crippen LogP contribution is 2.54. The predicted octanol–water partition coefficient (Wildman–Crippen LogP) is 4.12. The SMILES string of the molecule is CNC[C@@H]1CC[C@@]2(O[C@@H]2CCc2cc(N)nc3c2CCCc2c-3cc(C[NH+]3C=C4N=CC=C4C3)nc2N)C(=O)O[C@@H]2[C@H](C1)c1c(cc3oc(C)cc(=O)c3c1O)OC2(C)C. The molecule has 6 atom stereocenters. The number of phenolic OH excluding ortho intramolecular Hbond substituents is 1. The molecule has 14 nitrogen and oxygen atoms in total. The van der Waals surface area contributed by atoms with Gasteiger partial charge in [0.1, 0.15) is 76.6 Å². The molecule has 60 heavy (non-hydrogen) atoms. The summed E-state index contributed by atoms with van der Waals surface area (Å²) in [6.45, 7) is 7.70. The number of fused-ring (bicyclic) bond motifs is 8. The Hall–Kier alpha value is -5.57. The first-order valence-electron chi connectivity index (χ1n) is 21.2. The molecule has 4 aromatic rings. The number of aliphatic imine (C=N–C) groups is 1. The number of quaternary nitrogens is 1. The number of allylic oxidation sites excluding steroid dienone is 1. The molecule has 0 amide bonds. The fraction of sp³-hybridized carbons (Fsp3) is 0.457. The number of nitrogens with zero attached hydrogens (tertiary/aromatic N) is 3. The second-order valence-electron chi connectivity index (χ2n) is 18.0. The van der Waals surface area contributed by atoms with Gasteiger partial charge in [0, 0.05) is 46.5 Å². The number of ether oxygens (including phenoxy) is 3. The van der Waals surface area contributed by atoms with Gasteiger partial charge in [-0.2, -0.15) is 0 Å². The van der Waals surface area contributed by atoms with E-state index < -0.39 is 29.2 Å². The van der Waals surface area contributed by atoms with Crippen molar-refractivity contribution in [1.82, 2.24) is 15.3 Å². The van der Waals surface area contributed by atoms with E-state index in [0.29, 0.717) is 73.9 Å². The van der Waals surface area contributed by atoms with Crippen LogP contribution in [0, 0.1) is 12.8 Å².